The summed E-state index contributed by atoms with van der Waals surface area (Å²) in [6.07, 6.45) is 0.0196. The molecule has 0 radical (unpaired) electrons. The maximum absolute atomic E-state index is 12.2. The normalized spacial score (nSPS) is 12.0. The summed E-state index contributed by atoms with van der Waals surface area (Å²) in [5.74, 6) is 0.619. The number of pyridine rings is 1. The van der Waals surface area contributed by atoms with Crippen LogP contribution in [-0.2, 0) is 9.47 Å². The Bertz CT molecular complexity index is 682. The number of ether oxygens (including phenoxy) is 4. The molecule has 0 aliphatic rings. The predicted octanol–water partition coefficient (Wildman–Crippen LogP) is 2.13. The van der Waals surface area contributed by atoms with E-state index in [1.807, 2.05) is 0 Å². The molecule has 1 aromatic carbocycles. The molecular formula is C16H18BrNO6. The lowest BCUT2D eigenvalue weighted by molar-refractivity contribution is -0.618. The molecule has 2 aromatic rings. The van der Waals surface area contributed by atoms with Gasteiger partial charge in [0.25, 0.3) is 5.69 Å². The molecule has 24 heavy (non-hydrogen) atoms. The first-order valence-corrected chi connectivity index (χ1v) is 7.80. The highest BCUT2D eigenvalue weighted by atomic mass is 79.9. The second kappa shape index (κ2) is 8.84. The number of aliphatic hydroxyl groups excluding tert-OH is 1. The Hall–Kier alpha value is -1.87. The number of halogens is 1. The second-order valence-electron chi connectivity index (χ2n) is 4.77. The quantitative estimate of drug-likeness (QED) is 0.415. The third kappa shape index (κ3) is 4.35. The van der Waals surface area contributed by atoms with Gasteiger partial charge in [0, 0.05) is 30.3 Å². The molecule has 1 unspecified atom stereocenters. The van der Waals surface area contributed by atoms with Gasteiger partial charge in [-0.1, -0.05) is 15.9 Å². The largest absolute Gasteiger partial charge is 0.618 e. The molecule has 1 heterocycles. The van der Waals surface area contributed by atoms with E-state index in [0.29, 0.717) is 16.0 Å². The van der Waals surface area contributed by atoms with Crippen LogP contribution in [-0.4, -0.2) is 32.9 Å². The number of hydrogen-bond acceptors (Lipinski definition) is 6. The number of aromatic nitrogens is 1. The van der Waals surface area contributed by atoms with E-state index in [2.05, 4.69) is 15.9 Å². The van der Waals surface area contributed by atoms with Crippen molar-refractivity contribution < 1.29 is 28.8 Å². The molecule has 7 nitrogen and oxygen atoms in total. The minimum atomic E-state index is -1.26. The Morgan fingerprint density at radius 1 is 1.12 bits per heavy atom. The third-order valence-corrected chi connectivity index (χ3v) is 3.64. The summed E-state index contributed by atoms with van der Waals surface area (Å²) in [6, 6.07) is 8.22. The van der Waals surface area contributed by atoms with Gasteiger partial charge in [-0.25, -0.2) is 0 Å². The lowest BCUT2D eigenvalue weighted by Crippen LogP contribution is -2.34. The summed E-state index contributed by atoms with van der Waals surface area (Å²) in [4.78, 5) is 0. The van der Waals surface area contributed by atoms with Gasteiger partial charge in [0.1, 0.15) is 5.75 Å². The fourth-order valence-corrected chi connectivity index (χ4v) is 2.50. The van der Waals surface area contributed by atoms with Crippen molar-refractivity contribution in [2.24, 2.45) is 0 Å². The van der Waals surface area contributed by atoms with Crippen LogP contribution in [0.25, 0.3) is 0 Å². The van der Waals surface area contributed by atoms with Gasteiger partial charge in [-0.15, -0.1) is 0 Å². The van der Waals surface area contributed by atoms with Gasteiger partial charge >= 0.3 is 0 Å². The Morgan fingerprint density at radius 3 is 2.46 bits per heavy atom. The van der Waals surface area contributed by atoms with Crippen LogP contribution in [0.3, 0.4) is 0 Å². The average molecular weight is 400 g/mol. The van der Waals surface area contributed by atoms with Crippen LogP contribution in [0.15, 0.2) is 41.0 Å². The second-order valence-corrected chi connectivity index (χ2v) is 5.69. The standard InChI is InChI=1S/C16H18BrNO6/c1-21-9-23-13-6-5-11(17)8-12(13)16(19)15-14(24-10-22-2)4-3-7-18(15)20/h3-8,16,19H,9-10H2,1-2H3. The van der Waals surface area contributed by atoms with Crippen LogP contribution in [0.2, 0.25) is 0 Å². The summed E-state index contributed by atoms with van der Waals surface area (Å²) in [5.41, 5.74) is 0.439. The molecule has 0 bridgehead atoms. The minimum Gasteiger partial charge on any atom is -0.618 e. The Morgan fingerprint density at radius 2 is 1.79 bits per heavy atom. The maximum atomic E-state index is 12.2. The smallest absolute Gasteiger partial charge is 0.268 e. The molecule has 2 rings (SSSR count). The van der Waals surface area contributed by atoms with Crippen molar-refractivity contribution in [1.29, 1.82) is 0 Å². The zero-order valence-corrected chi connectivity index (χ0v) is 14.9. The highest BCUT2D eigenvalue weighted by Gasteiger charge is 2.28. The molecule has 0 saturated heterocycles. The van der Waals surface area contributed by atoms with Crippen LogP contribution in [0.5, 0.6) is 11.5 Å². The zero-order chi connectivity index (χ0) is 17.5. The van der Waals surface area contributed by atoms with Crippen molar-refractivity contribution in [2.75, 3.05) is 27.8 Å². The Kier molecular flexibility index (Phi) is 6.80. The van der Waals surface area contributed by atoms with Crippen LogP contribution >= 0.6 is 15.9 Å². The molecule has 0 aliphatic heterocycles. The fourth-order valence-electron chi connectivity index (χ4n) is 2.12. The van der Waals surface area contributed by atoms with E-state index in [1.54, 1.807) is 24.3 Å². The summed E-state index contributed by atoms with van der Waals surface area (Å²) >= 11 is 3.35. The number of aliphatic hydroxyl groups is 1. The molecule has 1 aromatic heterocycles. The van der Waals surface area contributed by atoms with Gasteiger partial charge in [-0.05, 0) is 24.3 Å². The summed E-state index contributed by atoms with van der Waals surface area (Å²) < 4.78 is 21.9. The van der Waals surface area contributed by atoms with Crippen LogP contribution in [0, 0.1) is 5.21 Å². The Balaban J connectivity index is 2.44. The summed E-state index contributed by atoms with van der Waals surface area (Å²) in [7, 11) is 2.96. The van der Waals surface area contributed by atoms with Crippen LogP contribution in [0.4, 0.5) is 0 Å². The Labute approximate surface area is 148 Å². The lowest BCUT2D eigenvalue weighted by atomic mass is 10.0. The number of benzene rings is 1. The van der Waals surface area contributed by atoms with Gasteiger partial charge < -0.3 is 29.3 Å². The fraction of sp³-hybridized carbons (Fsp3) is 0.312. The molecule has 0 fully saturated rings. The average Bonchev–Trinajstić information content (AvgIpc) is 2.58. The molecule has 130 valence electrons. The van der Waals surface area contributed by atoms with Crippen molar-refractivity contribution in [3.8, 4) is 11.5 Å². The molecular weight excluding hydrogens is 382 g/mol. The minimum absolute atomic E-state index is 0.0144. The summed E-state index contributed by atoms with van der Waals surface area (Å²) in [5, 5.41) is 23.0. The third-order valence-electron chi connectivity index (χ3n) is 3.15. The van der Waals surface area contributed by atoms with Gasteiger partial charge in [0.2, 0.25) is 0 Å². The van der Waals surface area contributed by atoms with Gasteiger partial charge in [-0.3, -0.25) is 0 Å². The first-order valence-electron chi connectivity index (χ1n) is 7.01. The van der Waals surface area contributed by atoms with Gasteiger partial charge in [0.05, 0.1) is 0 Å². The molecule has 0 aliphatic carbocycles. The SMILES string of the molecule is COCOc1ccc(Br)cc1C(O)c1c(OCOC)ccc[n+]1[O-]. The molecule has 1 N–H and O–H groups in total. The van der Waals surface area contributed by atoms with Crippen molar-refractivity contribution in [3.05, 3.63) is 57.5 Å². The highest BCUT2D eigenvalue weighted by molar-refractivity contribution is 9.10. The van der Waals surface area contributed by atoms with E-state index < -0.39 is 6.10 Å². The number of methoxy groups -OCH3 is 2. The van der Waals surface area contributed by atoms with Crippen LogP contribution in [0.1, 0.15) is 17.4 Å². The monoisotopic (exact) mass is 399 g/mol. The molecule has 0 saturated carbocycles. The van der Waals surface area contributed by atoms with Crippen molar-refractivity contribution >= 4 is 15.9 Å². The van der Waals surface area contributed by atoms with Crippen molar-refractivity contribution in [2.45, 2.75) is 6.10 Å². The van der Waals surface area contributed by atoms with E-state index >= 15 is 0 Å². The zero-order valence-electron chi connectivity index (χ0n) is 13.3. The van der Waals surface area contributed by atoms with Gasteiger partial charge in [-0.2, -0.15) is 4.73 Å². The number of nitrogens with zero attached hydrogens (tertiary/aromatic N) is 1. The number of rotatable bonds is 8. The van der Waals surface area contributed by atoms with E-state index in [0.717, 1.165) is 4.47 Å². The van der Waals surface area contributed by atoms with Crippen molar-refractivity contribution in [1.82, 2.24) is 0 Å². The van der Waals surface area contributed by atoms with E-state index in [4.69, 9.17) is 18.9 Å². The first kappa shape index (κ1) is 18.5. The molecule has 0 amide bonds. The van der Waals surface area contributed by atoms with E-state index in [-0.39, 0.29) is 25.0 Å². The molecule has 0 spiro atoms. The summed E-state index contributed by atoms with van der Waals surface area (Å²) in [6.45, 7) is -0.0319. The molecule has 8 heteroatoms. The van der Waals surface area contributed by atoms with Gasteiger partial charge in [0.15, 0.2) is 31.6 Å². The van der Waals surface area contributed by atoms with Crippen LogP contribution < -0.4 is 14.2 Å². The van der Waals surface area contributed by atoms with E-state index in [1.165, 1.54) is 26.5 Å². The van der Waals surface area contributed by atoms with Crippen molar-refractivity contribution in [3.63, 3.8) is 0 Å². The number of hydrogen-bond donors (Lipinski definition) is 1. The predicted molar refractivity (Wildman–Crippen MR) is 88.6 cm³/mol. The maximum Gasteiger partial charge on any atom is 0.268 e. The first-order chi connectivity index (χ1) is 11.6. The lowest BCUT2D eigenvalue weighted by Gasteiger charge is -2.18. The molecule has 1 atom stereocenters. The van der Waals surface area contributed by atoms with E-state index in [9.17, 15) is 10.3 Å². The highest BCUT2D eigenvalue weighted by Crippen LogP contribution is 2.34. The topological polar surface area (TPSA) is 84.1 Å².